The van der Waals surface area contributed by atoms with Gasteiger partial charge in [0.15, 0.2) is 0 Å². The van der Waals surface area contributed by atoms with Crippen molar-refractivity contribution in [1.29, 1.82) is 0 Å². The number of hydrogen-bond acceptors (Lipinski definition) is 3. The Labute approximate surface area is 199 Å². The first-order valence-electron chi connectivity index (χ1n) is 11.4. The Balaban J connectivity index is 2.20. The zero-order valence-corrected chi connectivity index (χ0v) is 20.2. The normalized spacial score (nSPS) is 12.4. The quantitative estimate of drug-likeness (QED) is 0.490. The molecule has 3 rings (SSSR count). The van der Waals surface area contributed by atoms with E-state index in [9.17, 15) is 13.6 Å². The molecule has 0 aliphatic rings. The second-order valence-electron chi connectivity index (χ2n) is 9.38. The summed E-state index contributed by atoms with van der Waals surface area (Å²) >= 11 is 0. The molecule has 3 N–H and O–H groups in total. The molecule has 0 fully saturated rings. The molecule has 0 aliphatic carbocycles. The molecule has 1 unspecified atom stereocenters. The van der Waals surface area contributed by atoms with Gasteiger partial charge in [-0.05, 0) is 42.1 Å². The molecular formula is C26H33F2N5O. The van der Waals surface area contributed by atoms with Gasteiger partial charge in [0.05, 0.1) is 11.7 Å². The minimum absolute atomic E-state index is 0.0779. The Bertz CT molecular complexity index is 1110. The number of amides is 2. The van der Waals surface area contributed by atoms with Gasteiger partial charge in [-0.3, -0.25) is 0 Å². The first kappa shape index (κ1) is 25.4. The third kappa shape index (κ3) is 5.80. The lowest BCUT2D eigenvalue weighted by atomic mass is 9.84. The Morgan fingerprint density at radius 2 is 1.88 bits per heavy atom. The molecule has 0 saturated carbocycles. The van der Waals surface area contributed by atoms with Crippen LogP contribution >= 0.6 is 0 Å². The molecule has 1 heterocycles. The van der Waals surface area contributed by atoms with Crippen molar-refractivity contribution in [1.82, 2.24) is 19.8 Å². The summed E-state index contributed by atoms with van der Waals surface area (Å²) in [5.74, 6) is -0.510. The highest BCUT2D eigenvalue weighted by Crippen LogP contribution is 2.39. The van der Waals surface area contributed by atoms with E-state index in [2.05, 4.69) is 5.32 Å². The molecule has 0 aliphatic heterocycles. The predicted molar refractivity (Wildman–Crippen MR) is 130 cm³/mol. The summed E-state index contributed by atoms with van der Waals surface area (Å²) in [7, 11) is 1.58. The highest BCUT2D eigenvalue weighted by atomic mass is 19.1. The summed E-state index contributed by atoms with van der Waals surface area (Å²) in [4.78, 5) is 19.5. The topological polar surface area (TPSA) is 76.2 Å². The van der Waals surface area contributed by atoms with Crippen molar-refractivity contribution in [2.75, 3.05) is 20.1 Å². The van der Waals surface area contributed by atoms with Crippen LogP contribution in [0.15, 0.2) is 54.7 Å². The van der Waals surface area contributed by atoms with Crippen molar-refractivity contribution in [3.05, 3.63) is 77.8 Å². The van der Waals surface area contributed by atoms with Crippen molar-refractivity contribution in [3.63, 3.8) is 0 Å². The molecular weight excluding hydrogens is 436 g/mol. The van der Waals surface area contributed by atoms with Crippen LogP contribution in [-0.4, -0.2) is 40.6 Å². The van der Waals surface area contributed by atoms with Gasteiger partial charge in [-0.1, -0.05) is 51.1 Å². The summed E-state index contributed by atoms with van der Waals surface area (Å²) in [6.45, 7) is 7.41. The van der Waals surface area contributed by atoms with Gasteiger partial charge in [-0.2, -0.15) is 0 Å². The van der Waals surface area contributed by atoms with Crippen LogP contribution in [0.1, 0.15) is 44.6 Å². The van der Waals surface area contributed by atoms with Crippen LogP contribution in [0.4, 0.5) is 13.6 Å². The van der Waals surface area contributed by atoms with E-state index in [1.165, 1.54) is 0 Å². The van der Waals surface area contributed by atoms with Crippen LogP contribution in [0.2, 0.25) is 0 Å². The lowest BCUT2D eigenvalue weighted by molar-refractivity contribution is 0.109. The lowest BCUT2D eigenvalue weighted by Gasteiger charge is -2.39. The van der Waals surface area contributed by atoms with E-state index < -0.39 is 23.1 Å². The largest absolute Gasteiger partial charge is 0.341 e. The molecule has 0 saturated heterocycles. The molecule has 2 amide bonds. The second-order valence-corrected chi connectivity index (χ2v) is 9.38. The maximum atomic E-state index is 14.7. The van der Waals surface area contributed by atoms with E-state index in [0.29, 0.717) is 37.6 Å². The van der Waals surface area contributed by atoms with Crippen LogP contribution in [0.25, 0.3) is 11.3 Å². The highest BCUT2D eigenvalue weighted by Gasteiger charge is 2.38. The highest BCUT2D eigenvalue weighted by molar-refractivity contribution is 5.74. The number of nitrogens with zero attached hydrogens (tertiary/aromatic N) is 3. The Morgan fingerprint density at radius 3 is 2.50 bits per heavy atom. The fraction of sp³-hybridized carbons (Fsp3) is 0.385. The third-order valence-electron chi connectivity index (χ3n) is 5.66. The van der Waals surface area contributed by atoms with Crippen molar-refractivity contribution in [2.24, 2.45) is 11.1 Å². The van der Waals surface area contributed by atoms with Gasteiger partial charge < -0.3 is 20.5 Å². The monoisotopic (exact) mass is 469 g/mol. The van der Waals surface area contributed by atoms with E-state index in [-0.39, 0.29) is 11.6 Å². The van der Waals surface area contributed by atoms with Gasteiger partial charge in [0, 0.05) is 31.9 Å². The standard InChI is InChI=1S/C26H33F2N5O/c1-26(2,3)23(33(14-8-13-29)25(34)30-4)24-31-22(20-15-19(27)11-12-21(20)28)17-32(24)16-18-9-6-5-7-10-18/h5-7,9-12,15,17,23H,8,13-14,16,29H2,1-4H3,(H,30,34). The first-order chi connectivity index (χ1) is 16.2. The van der Waals surface area contributed by atoms with E-state index in [1.54, 1.807) is 18.1 Å². The number of nitrogens with one attached hydrogen (secondary N) is 1. The Morgan fingerprint density at radius 1 is 1.18 bits per heavy atom. The Hall–Kier alpha value is -3.26. The number of hydrogen-bond donors (Lipinski definition) is 2. The minimum atomic E-state index is -0.559. The number of rotatable bonds is 8. The summed E-state index contributed by atoms with van der Waals surface area (Å²) in [6.07, 6.45) is 2.34. The van der Waals surface area contributed by atoms with Crippen molar-refractivity contribution < 1.29 is 13.6 Å². The van der Waals surface area contributed by atoms with E-state index >= 15 is 0 Å². The Kier molecular flexibility index (Phi) is 8.04. The van der Waals surface area contributed by atoms with Gasteiger partial charge >= 0.3 is 6.03 Å². The van der Waals surface area contributed by atoms with Crippen LogP contribution in [0, 0.1) is 17.0 Å². The van der Waals surface area contributed by atoms with Gasteiger partial charge in [0.25, 0.3) is 0 Å². The van der Waals surface area contributed by atoms with E-state index in [0.717, 1.165) is 23.8 Å². The zero-order valence-electron chi connectivity index (χ0n) is 20.2. The molecule has 8 heteroatoms. The summed E-state index contributed by atoms with van der Waals surface area (Å²) in [6, 6.07) is 12.4. The van der Waals surface area contributed by atoms with E-state index in [4.69, 9.17) is 10.7 Å². The van der Waals surface area contributed by atoms with Crippen molar-refractivity contribution in [2.45, 2.75) is 39.8 Å². The number of benzene rings is 2. The van der Waals surface area contributed by atoms with Crippen molar-refractivity contribution in [3.8, 4) is 11.3 Å². The van der Waals surface area contributed by atoms with Gasteiger partial charge in [0.2, 0.25) is 0 Å². The summed E-state index contributed by atoms with van der Waals surface area (Å²) in [5.41, 5.74) is 6.75. The smallest absolute Gasteiger partial charge is 0.317 e. The maximum absolute atomic E-state index is 14.7. The van der Waals surface area contributed by atoms with Crippen LogP contribution in [0.3, 0.4) is 0 Å². The second kappa shape index (κ2) is 10.8. The maximum Gasteiger partial charge on any atom is 0.317 e. The average molecular weight is 470 g/mol. The van der Waals surface area contributed by atoms with Crippen LogP contribution < -0.4 is 11.1 Å². The fourth-order valence-electron chi connectivity index (χ4n) is 4.13. The summed E-state index contributed by atoms with van der Waals surface area (Å²) < 4.78 is 30.6. The summed E-state index contributed by atoms with van der Waals surface area (Å²) in [5, 5.41) is 2.72. The number of imidazole rings is 1. The molecule has 0 spiro atoms. The first-order valence-corrected chi connectivity index (χ1v) is 11.4. The molecule has 1 aromatic heterocycles. The molecule has 1 atom stereocenters. The third-order valence-corrected chi connectivity index (χ3v) is 5.66. The predicted octanol–water partition coefficient (Wildman–Crippen LogP) is 4.95. The number of carbonyl (C=O) groups is 1. The van der Waals surface area contributed by atoms with Gasteiger partial charge in [0.1, 0.15) is 17.5 Å². The fourth-order valence-corrected chi connectivity index (χ4v) is 4.13. The average Bonchev–Trinajstić information content (AvgIpc) is 3.19. The van der Waals surface area contributed by atoms with Crippen LogP contribution in [0.5, 0.6) is 0 Å². The molecule has 0 radical (unpaired) electrons. The van der Waals surface area contributed by atoms with E-state index in [1.807, 2.05) is 55.7 Å². The number of nitrogens with two attached hydrogens (primary N) is 1. The molecule has 0 bridgehead atoms. The number of carbonyl (C=O) groups excluding carboxylic acids is 1. The van der Waals surface area contributed by atoms with Crippen molar-refractivity contribution >= 4 is 6.03 Å². The molecule has 182 valence electrons. The minimum Gasteiger partial charge on any atom is -0.341 e. The van der Waals surface area contributed by atoms with Crippen LogP contribution in [-0.2, 0) is 6.54 Å². The molecule has 34 heavy (non-hydrogen) atoms. The van der Waals surface area contributed by atoms with Gasteiger partial charge in [-0.15, -0.1) is 0 Å². The lowest BCUT2D eigenvalue weighted by Crippen LogP contribution is -2.47. The zero-order chi connectivity index (χ0) is 24.9. The number of urea groups is 1. The number of halogens is 2. The van der Waals surface area contributed by atoms with Gasteiger partial charge in [-0.25, -0.2) is 18.6 Å². The number of aromatic nitrogens is 2. The molecule has 3 aromatic rings. The SMILES string of the molecule is CNC(=O)N(CCCN)C(c1nc(-c2cc(F)ccc2F)cn1Cc1ccccc1)C(C)(C)C. The molecule has 2 aromatic carbocycles. The molecule has 6 nitrogen and oxygen atoms in total.